The fourth-order valence-electron chi connectivity index (χ4n) is 1.02. The minimum absolute atomic E-state index is 0.343. The second-order valence-corrected chi connectivity index (χ2v) is 4.80. The lowest BCUT2D eigenvalue weighted by Crippen LogP contribution is -1.98. The van der Waals surface area contributed by atoms with Crippen LogP contribution in [0.5, 0.6) is 0 Å². The van der Waals surface area contributed by atoms with Gasteiger partial charge < -0.3 is 0 Å². The molecule has 1 unspecified atom stereocenters. The first-order valence-electron chi connectivity index (χ1n) is 4.92. The number of hydrogen-bond acceptors (Lipinski definition) is 0. The zero-order valence-corrected chi connectivity index (χ0v) is 9.06. The van der Waals surface area contributed by atoms with Crippen molar-refractivity contribution in [3.8, 4) is 0 Å². The van der Waals surface area contributed by atoms with Crippen LogP contribution in [0.1, 0.15) is 47.0 Å². The molecule has 71 valence electrons. The second kappa shape index (κ2) is 5.40. The molecule has 0 rings (SSSR count). The van der Waals surface area contributed by atoms with Gasteiger partial charge in [0, 0.05) is 0 Å². The minimum Gasteiger partial charge on any atom is -0.0880 e. The molecule has 0 aromatic carbocycles. The first kappa shape index (κ1) is 11.7. The molecule has 0 aliphatic heterocycles. The molecule has 0 amide bonds. The topological polar surface area (TPSA) is 0 Å². The van der Waals surface area contributed by atoms with Crippen molar-refractivity contribution in [2.45, 2.75) is 47.0 Å². The van der Waals surface area contributed by atoms with Gasteiger partial charge in [-0.3, -0.25) is 0 Å². The molecule has 0 aliphatic carbocycles. The van der Waals surface area contributed by atoms with E-state index in [2.05, 4.69) is 46.8 Å². The fraction of sp³-hybridized carbons (Fsp3) is 0.750. The molecule has 0 aliphatic rings. The predicted octanol–water partition coefficient (Wildman–Crippen LogP) is 4.23. The summed E-state index contributed by atoms with van der Waals surface area (Å²) < 4.78 is 0. The van der Waals surface area contributed by atoms with E-state index < -0.39 is 0 Å². The summed E-state index contributed by atoms with van der Waals surface area (Å²) in [6, 6.07) is 0. The van der Waals surface area contributed by atoms with Crippen LogP contribution >= 0.6 is 0 Å². The van der Waals surface area contributed by atoms with Crippen LogP contribution in [0.25, 0.3) is 0 Å². The molecule has 1 radical (unpaired) electrons. The second-order valence-electron chi connectivity index (χ2n) is 4.80. The van der Waals surface area contributed by atoms with Gasteiger partial charge in [0.25, 0.3) is 0 Å². The highest BCUT2D eigenvalue weighted by atomic mass is 14.1. The average Bonchev–Trinajstić information content (AvgIpc) is 1.83. The number of allylic oxidation sites excluding steroid dienone is 2. The van der Waals surface area contributed by atoms with Crippen LogP contribution in [-0.2, 0) is 0 Å². The SMILES string of the molecule is [CH2]C(C)CCCC=CC(C)(C)C. The Kier molecular flexibility index (Phi) is 5.28. The summed E-state index contributed by atoms with van der Waals surface area (Å²) in [4.78, 5) is 0. The lowest BCUT2D eigenvalue weighted by Gasteiger charge is -2.10. The van der Waals surface area contributed by atoms with Crippen molar-refractivity contribution in [3.05, 3.63) is 19.1 Å². The van der Waals surface area contributed by atoms with Crippen LogP contribution in [0.15, 0.2) is 12.2 Å². The molecule has 0 heteroatoms. The van der Waals surface area contributed by atoms with Gasteiger partial charge in [-0.1, -0.05) is 53.2 Å². The van der Waals surface area contributed by atoms with Gasteiger partial charge in [0.1, 0.15) is 0 Å². The summed E-state index contributed by atoms with van der Waals surface area (Å²) in [5.74, 6) is 0.605. The van der Waals surface area contributed by atoms with Gasteiger partial charge in [-0.2, -0.15) is 0 Å². The van der Waals surface area contributed by atoms with Crippen LogP contribution in [0, 0.1) is 18.3 Å². The first-order valence-corrected chi connectivity index (χ1v) is 4.92. The van der Waals surface area contributed by atoms with Crippen molar-refractivity contribution in [2.24, 2.45) is 11.3 Å². The third-order valence-corrected chi connectivity index (χ3v) is 1.69. The number of hydrogen-bond donors (Lipinski definition) is 0. The molecule has 1 atom stereocenters. The van der Waals surface area contributed by atoms with Gasteiger partial charge in [0.05, 0.1) is 0 Å². The lowest BCUT2D eigenvalue weighted by molar-refractivity contribution is 0.539. The van der Waals surface area contributed by atoms with Crippen LogP contribution < -0.4 is 0 Å². The van der Waals surface area contributed by atoms with Gasteiger partial charge >= 0.3 is 0 Å². The third kappa shape index (κ3) is 9.74. The largest absolute Gasteiger partial charge is 0.0880 e. The Morgan fingerprint density at radius 3 is 2.33 bits per heavy atom. The predicted molar refractivity (Wildman–Crippen MR) is 57.0 cm³/mol. The highest BCUT2D eigenvalue weighted by molar-refractivity contribution is 4.91. The molecular formula is C12H23. The van der Waals surface area contributed by atoms with Crippen molar-refractivity contribution in [1.29, 1.82) is 0 Å². The van der Waals surface area contributed by atoms with E-state index in [0.717, 1.165) is 0 Å². The van der Waals surface area contributed by atoms with Gasteiger partial charge in [0.15, 0.2) is 0 Å². The molecule has 0 aromatic heterocycles. The molecule has 0 N–H and O–H groups in total. The van der Waals surface area contributed by atoms with E-state index in [1.54, 1.807) is 0 Å². The van der Waals surface area contributed by atoms with Crippen LogP contribution in [0.2, 0.25) is 0 Å². The van der Waals surface area contributed by atoms with E-state index in [-0.39, 0.29) is 0 Å². The Morgan fingerprint density at radius 2 is 1.92 bits per heavy atom. The zero-order chi connectivity index (χ0) is 9.61. The summed E-state index contributed by atoms with van der Waals surface area (Å²) in [5.41, 5.74) is 0.343. The third-order valence-electron chi connectivity index (χ3n) is 1.69. The molecule has 0 heterocycles. The molecule has 0 nitrogen and oxygen atoms in total. The maximum atomic E-state index is 3.96. The number of unbranched alkanes of at least 4 members (excludes halogenated alkanes) is 1. The van der Waals surface area contributed by atoms with Gasteiger partial charge in [-0.25, -0.2) is 0 Å². The monoisotopic (exact) mass is 167 g/mol. The highest BCUT2D eigenvalue weighted by Gasteiger charge is 2.02. The maximum Gasteiger partial charge on any atom is -0.0203 e. The van der Waals surface area contributed by atoms with Gasteiger partial charge in [0.2, 0.25) is 0 Å². The Hall–Kier alpha value is -0.260. The van der Waals surface area contributed by atoms with E-state index in [1.165, 1.54) is 19.3 Å². The smallest absolute Gasteiger partial charge is 0.0203 e. The van der Waals surface area contributed by atoms with E-state index in [4.69, 9.17) is 0 Å². The molecule has 0 bridgehead atoms. The van der Waals surface area contributed by atoms with E-state index in [1.807, 2.05) is 0 Å². The summed E-state index contributed by atoms with van der Waals surface area (Å²) in [7, 11) is 0. The van der Waals surface area contributed by atoms with Crippen molar-refractivity contribution >= 4 is 0 Å². The lowest BCUT2D eigenvalue weighted by atomic mass is 9.95. The Labute approximate surface area is 78.1 Å². The first-order chi connectivity index (χ1) is 5.42. The molecule has 0 aromatic rings. The molecule has 0 spiro atoms. The summed E-state index contributed by atoms with van der Waals surface area (Å²) in [6.45, 7) is 12.8. The van der Waals surface area contributed by atoms with E-state index >= 15 is 0 Å². The molecular weight excluding hydrogens is 144 g/mol. The minimum atomic E-state index is 0.343. The van der Waals surface area contributed by atoms with E-state index in [9.17, 15) is 0 Å². The Balaban J connectivity index is 3.37. The quantitative estimate of drug-likeness (QED) is 0.434. The van der Waals surface area contributed by atoms with Crippen LogP contribution in [0.4, 0.5) is 0 Å². The van der Waals surface area contributed by atoms with Crippen molar-refractivity contribution in [3.63, 3.8) is 0 Å². The highest BCUT2D eigenvalue weighted by Crippen LogP contribution is 2.15. The standard InChI is InChI=1S/C12H23/c1-11(2)9-7-6-8-10-12(3,4)5/h8,10-11H,1,6-7,9H2,2-5H3. The van der Waals surface area contributed by atoms with Crippen molar-refractivity contribution in [2.75, 3.05) is 0 Å². The van der Waals surface area contributed by atoms with E-state index in [0.29, 0.717) is 11.3 Å². The van der Waals surface area contributed by atoms with Crippen molar-refractivity contribution < 1.29 is 0 Å². The summed E-state index contributed by atoms with van der Waals surface area (Å²) in [5, 5.41) is 0. The Bertz CT molecular complexity index is 123. The fourth-order valence-corrected chi connectivity index (χ4v) is 1.02. The molecule has 12 heavy (non-hydrogen) atoms. The molecule has 0 saturated heterocycles. The Morgan fingerprint density at radius 1 is 1.33 bits per heavy atom. The molecule has 0 saturated carbocycles. The summed E-state index contributed by atoms with van der Waals surface area (Å²) >= 11 is 0. The maximum absolute atomic E-state index is 3.96. The van der Waals surface area contributed by atoms with Crippen molar-refractivity contribution in [1.82, 2.24) is 0 Å². The average molecular weight is 167 g/mol. The van der Waals surface area contributed by atoms with Crippen LogP contribution in [0.3, 0.4) is 0 Å². The van der Waals surface area contributed by atoms with Gasteiger partial charge in [-0.05, 0) is 24.2 Å². The van der Waals surface area contributed by atoms with Gasteiger partial charge in [-0.15, -0.1) is 0 Å². The normalized spacial score (nSPS) is 13.2. The zero-order valence-electron chi connectivity index (χ0n) is 9.06. The number of rotatable bonds is 4. The van der Waals surface area contributed by atoms with Crippen LogP contribution in [-0.4, -0.2) is 0 Å². The summed E-state index contributed by atoms with van der Waals surface area (Å²) in [6.07, 6.45) is 8.31. The molecule has 0 fully saturated rings.